The van der Waals surface area contributed by atoms with Crippen LogP contribution in [0.15, 0.2) is 71.8 Å². The molecule has 4 aromatic rings. The van der Waals surface area contributed by atoms with Gasteiger partial charge in [-0.3, -0.25) is 9.78 Å². The number of aromatic nitrogens is 3. The average Bonchev–Trinajstić information content (AvgIpc) is 2.70. The first kappa shape index (κ1) is 16.7. The highest BCUT2D eigenvalue weighted by Gasteiger charge is 2.15. The zero-order valence-corrected chi connectivity index (χ0v) is 14.4. The molecule has 0 aliphatic carbocycles. The second-order valence-corrected chi connectivity index (χ2v) is 5.77. The summed E-state index contributed by atoms with van der Waals surface area (Å²) in [5, 5.41) is 3.33. The van der Waals surface area contributed by atoms with Crippen LogP contribution >= 0.6 is 0 Å². The molecule has 0 fully saturated rings. The van der Waals surface area contributed by atoms with E-state index in [1.54, 1.807) is 30.6 Å². The number of methoxy groups -OCH3 is 1. The molecule has 2 heterocycles. The Kier molecular flexibility index (Phi) is 4.25. The minimum atomic E-state index is -0.488. The van der Waals surface area contributed by atoms with E-state index in [-0.39, 0.29) is 16.9 Å². The van der Waals surface area contributed by atoms with Crippen molar-refractivity contribution in [1.29, 1.82) is 0 Å². The molecule has 27 heavy (non-hydrogen) atoms. The normalized spacial score (nSPS) is 10.7. The van der Waals surface area contributed by atoms with E-state index in [4.69, 9.17) is 4.74 Å². The van der Waals surface area contributed by atoms with E-state index >= 15 is 0 Å². The van der Waals surface area contributed by atoms with E-state index in [9.17, 15) is 9.18 Å². The van der Waals surface area contributed by atoms with Gasteiger partial charge in [-0.05, 0) is 36.4 Å². The van der Waals surface area contributed by atoms with Crippen molar-refractivity contribution >= 4 is 22.5 Å². The molecule has 6 nitrogen and oxygen atoms in total. The van der Waals surface area contributed by atoms with E-state index in [0.29, 0.717) is 22.6 Å². The molecule has 0 bridgehead atoms. The van der Waals surface area contributed by atoms with Crippen LogP contribution in [-0.4, -0.2) is 21.6 Å². The van der Waals surface area contributed by atoms with Gasteiger partial charge in [-0.2, -0.15) is 0 Å². The third-order valence-corrected chi connectivity index (χ3v) is 4.10. The zero-order chi connectivity index (χ0) is 18.8. The summed E-state index contributed by atoms with van der Waals surface area (Å²) in [6.07, 6.45) is 3.16. The van der Waals surface area contributed by atoms with Crippen molar-refractivity contribution in [1.82, 2.24) is 14.5 Å². The van der Waals surface area contributed by atoms with Crippen LogP contribution in [-0.2, 0) is 0 Å². The van der Waals surface area contributed by atoms with E-state index in [0.717, 1.165) is 0 Å². The molecule has 4 rings (SSSR count). The van der Waals surface area contributed by atoms with Crippen LogP contribution in [0, 0.1) is 5.82 Å². The van der Waals surface area contributed by atoms with Gasteiger partial charge in [0.2, 0.25) is 5.95 Å². The fraction of sp³-hybridized carbons (Fsp3) is 0.0500. The van der Waals surface area contributed by atoms with Crippen molar-refractivity contribution in [3.05, 3.63) is 83.2 Å². The Morgan fingerprint density at radius 1 is 1.11 bits per heavy atom. The van der Waals surface area contributed by atoms with Crippen molar-refractivity contribution in [3.63, 3.8) is 0 Å². The molecule has 0 atom stereocenters. The van der Waals surface area contributed by atoms with Crippen LogP contribution in [0.3, 0.4) is 0 Å². The standard InChI is InChI=1S/C20H15FN4O2/c1-27-18-12-22-10-9-17(18)24-20-23-16-8-7-13(21)11-15(16)19(26)25(20)14-5-3-2-4-6-14/h2-12H,1H3,(H,22,23,24). The SMILES string of the molecule is COc1cnccc1Nc1nc2ccc(F)cc2c(=O)n1-c1ccccc1. The minimum absolute atomic E-state index is 0.200. The second kappa shape index (κ2) is 6.87. The maximum absolute atomic E-state index is 13.7. The van der Waals surface area contributed by atoms with E-state index in [1.807, 2.05) is 18.2 Å². The van der Waals surface area contributed by atoms with Crippen molar-refractivity contribution in [2.75, 3.05) is 12.4 Å². The first-order valence-electron chi connectivity index (χ1n) is 8.20. The van der Waals surface area contributed by atoms with Crippen LogP contribution in [0.25, 0.3) is 16.6 Å². The first-order chi connectivity index (χ1) is 13.2. The van der Waals surface area contributed by atoms with Crippen LogP contribution in [0.1, 0.15) is 0 Å². The van der Waals surface area contributed by atoms with Gasteiger partial charge in [0.25, 0.3) is 5.56 Å². The molecule has 0 saturated heterocycles. The fourth-order valence-electron chi connectivity index (χ4n) is 2.82. The Balaban J connectivity index is 1.98. The monoisotopic (exact) mass is 362 g/mol. The molecule has 0 spiro atoms. The Morgan fingerprint density at radius 3 is 2.70 bits per heavy atom. The quantitative estimate of drug-likeness (QED) is 0.600. The van der Waals surface area contributed by atoms with Crippen LogP contribution in [0.5, 0.6) is 5.75 Å². The minimum Gasteiger partial charge on any atom is -0.493 e. The summed E-state index contributed by atoms with van der Waals surface area (Å²) in [6.45, 7) is 0. The molecule has 2 aromatic heterocycles. The number of hydrogen-bond acceptors (Lipinski definition) is 5. The molecule has 0 amide bonds. The highest BCUT2D eigenvalue weighted by Crippen LogP contribution is 2.26. The summed E-state index contributed by atoms with van der Waals surface area (Å²) in [4.78, 5) is 21.7. The van der Waals surface area contributed by atoms with Crippen molar-refractivity contribution in [2.24, 2.45) is 0 Å². The first-order valence-corrected chi connectivity index (χ1v) is 8.20. The number of benzene rings is 2. The number of halogens is 1. The summed E-state index contributed by atoms with van der Waals surface area (Å²) in [7, 11) is 1.53. The van der Waals surface area contributed by atoms with Crippen LogP contribution in [0.4, 0.5) is 16.0 Å². The van der Waals surface area contributed by atoms with Crippen molar-refractivity contribution in [2.45, 2.75) is 0 Å². The lowest BCUT2D eigenvalue weighted by Gasteiger charge is -2.16. The molecule has 1 N–H and O–H groups in total. The summed E-state index contributed by atoms with van der Waals surface area (Å²) < 4.78 is 20.4. The summed E-state index contributed by atoms with van der Waals surface area (Å²) in [6, 6.07) is 14.7. The van der Waals surface area contributed by atoms with Crippen molar-refractivity contribution in [3.8, 4) is 11.4 Å². The smallest absolute Gasteiger partial charge is 0.267 e. The maximum atomic E-state index is 13.7. The highest BCUT2D eigenvalue weighted by atomic mass is 19.1. The lowest BCUT2D eigenvalue weighted by Crippen LogP contribution is -2.23. The van der Waals surface area contributed by atoms with E-state index < -0.39 is 5.82 Å². The number of pyridine rings is 1. The largest absolute Gasteiger partial charge is 0.493 e. The predicted molar refractivity (Wildman–Crippen MR) is 101 cm³/mol. The number of ether oxygens (including phenoxy) is 1. The molecule has 0 saturated carbocycles. The van der Waals surface area contributed by atoms with Gasteiger partial charge in [-0.25, -0.2) is 13.9 Å². The lowest BCUT2D eigenvalue weighted by molar-refractivity contribution is 0.415. The van der Waals surface area contributed by atoms with Gasteiger partial charge >= 0.3 is 0 Å². The highest BCUT2D eigenvalue weighted by molar-refractivity contribution is 5.80. The Morgan fingerprint density at radius 2 is 1.93 bits per heavy atom. The number of nitrogens with zero attached hydrogens (tertiary/aromatic N) is 3. The summed E-state index contributed by atoms with van der Waals surface area (Å²) in [5.74, 6) is 0.304. The molecule has 0 radical (unpaired) electrons. The summed E-state index contributed by atoms with van der Waals surface area (Å²) >= 11 is 0. The van der Waals surface area contributed by atoms with Gasteiger partial charge in [-0.1, -0.05) is 18.2 Å². The Bertz CT molecular complexity index is 1180. The van der Waals surface area contributed by atoms with Crippen LogP contribution in [0.2, 0.25) is 0 Å². The fourth-order valence-corrected chi connectivity index (χ4v) is 2.82. The van der Waals surface area contributed by atoms with Crippen molar-refractivity contribution < 1.29 is 9.13 Å². The van der Waals surface area contributed by atoms with Gasteiger partial charge < -0.3 is 10.1 Å². The molecule has 2 aromatic carbocycles. The van der Waals surface area contributed by atoms with Gasteiger partial charge in [0, 0.05) is 6.20 Å². The number of fused-ring (bicyclic) bond motifs is 1. The third kappa shape index (κ3) is 3.10. The molecule has 0 unspecified atom stereocenters. The van der Waals surface area contributed by atoms with Gasteiger partial charge in [0.1, 0.15) is 5.82 Å². The zero-order valence-electron chi connectivity index (χ0n) is 14.4. The number of para-hydroxylation sites is 1. The number of anilines is 2. The molecular weight excluding hydrogens is 347 g/mol. The number of rotatable bonds is 4. The van der Waals surface area contributed by atoms with E-state index in [2.05, 4.69) is 15.3 Å². The molecule has 0 aliphatic heterocycles. The Hall–Kier alpha value is -3.74. The van der Waals surface area contributed by atoms with E-state index in [1.165, 1.54) is 29.9 Å². The number of hydrogen-bond donors (Lipinski definition) is 1. The maximum Gasteiger partial charge on any atom is 0.267 e. The molecular formula is C20H15FN4O2. The lowest BCUT2D eigenvalue weighted by atomic mass is 10.2. The number of nitrogens with one attached hydrogen (secondary N) is 1. The van der Waals surface area contributed by atoms with Crippen LogP contribution < -0.4 is 15.6 Å². The molecule has 134 valence electrons. The van der Waals surface area contributed by atoms with Gasteiger partial charge in [-0.15, -0.1) is 0 Å². The topological polar surface area (TPSA) is 69.0 Å². The van der Waals surface area contributed by atoms with Gasteiger partial charge in [0.15, 0.2) is 5.75 Å². The predicted octanol–water partition coefficient (Wildman–Crippen LogP) is 3.67. The third-order valence-electron chi connectivity index (χ3n) is 4.10. The summed E-state index contributed by atoms with van der Waals surface area (Å²) in [5.41, 5.74) is 1.23. The molecule has 0 aliphatic rings. The Labute approximate surface area is 153 Å². The van der Waals surface area contributed by atoms with Gasteiger partial charge in [0.05, 0.1) is 35.6 Å². The molecule has 7 heteroatoms. The average molecular weight is 362 g/mol. The second-order valence-electron chi connectivity index (χ2n) is 5.77.